The van der Waals surface area contributed by atoms with Crippen LogP contribution >= 0.6 is 11.6 Å². The van der Waals surface area contributed by atoms with Crippen molar-refractivity contribution in [3.63, 3.8) is 0 Å². The number of carbonyl (C=O) groups excluding carboxylic acids is 3. The highest BCUT2D eigenvalue weighted by Crippen LogP contribution is 2.32. The summed E-state index contributed by atoms with van der Waals surface area (Å²) >= 11 is 6.40. The van der Waals surface area contributed by atoms with Gasteiger partial charge in [0, 0.05) is 54.4 Å². The maximum absolute atomic E-state index is 13.3. The number of amides is 3. The Labute approximate surface area is 284 Å². The first-order valence-corrected chi connectivity index (χ1v) is 16.1. The Hall–Kier alpha value is -4.93. The van der Waals surface area contributed by atoms with E-state index in [9.17, 15) is 19.2 Å². The standard InChI is InChI=1S/C37H40ClN5O5/c1-22-27(7-6-8-30(22)41-34(45)23-9-11-25(12-10-23)37(2,3)4)24-19-31(36(47)42(5)21-24)40-26-13-14-28(29(20-26)32(38)33(39)44)35(46)43-15-17-48-18-16-43/h6-14,19-21,32,40H,15-18H2,1-5H3,(H2,39,44)(H,41,45). The Bertz CT molecular complexity index is 1920. The van der Waals surface area contributed by atoms with Crippen LogP contribution in [0.15, 0.2) is 77.7 Å². The monoisotopic (exact) mass is 669 g/mol. The van der Waals surface area contributed by atoms with Gasteiger partial charge in [0.25, 0.3) is 17.4 Å². The van der Waals surface area contributed by atoms with Crippen LogP contribution in [0.1, 0.15) is 63.6 Å². The molecule has 0 bridgehead atoms. The van der Waals surface area contributed by atoms with E-state index in [4.69, 9.17) is 22.1 Å². The summed E-state index contributed by atoms with van der Waals surface area (Å²) < 4.78 is 6.82. The molecule has 0 aliphatic carbocycles. The Balaban J connectivity index is 1.44. The number of carbonyl (C=O) groups is 3. The zero-order valence-electron chi connectivity index (χ0n) is 27.7. The van der Waals surface area contributed by atoms with Crippen molar-refractivity contribution in [3.05, 3.63) is 111 Å². The predicted octanol–water partition coefficient (Wildman–Crippen LogP) is 5.89. The number of alkyl halides is 1. The van der Waals surface area contributed by atoms with Crippen molar-refractivity contribution >= 4 is 46.4 Å². The van der Waals surface area contributed by atoms with E-state index in [0.29, 0.717) is 43.2 Å². The van der Waals surface area contributed by atoms with Crippen molar-refractivity contribution in [1.29, 1.82) is 0 Å². The molecule has 1 aromatic heterocycles. The van der Waals surface area contributed by atoms with E-state index in [1.165, 1.54) is 4.57 Å². The molecule has 250 valence electrons. The van der Waals surface area contributed by atoms with E-state index >= 15 is 0 Å². The van der Waals surface area contributed by atoms with Gasteiger partial charge in [0.1, 0.15) is 11.1 Å². The maximum atomic E-state index is 13.3. The number of aryl methyl sites for hydroxylation is 1. The largest absolute Gasteiger partial charge is 0.378 e. The number of nitrogens with two attached hydrogens (primary N) is 1. The van der Waals surface area contributed by atoms with Gasteiger partial charge in [-0.25, -0.2) is 0 Å². The first-order chi connectivity index (χ1) is 22.7. The molecule has 10 nitrogen and oxygen atoms in total. The van der Waals surface area contributed by atoms with Gasteiger partial charge in [0.2, 0.25) is 5.91 Å². The highest BCUT2D eigenvalue weighted by atomic mass is 35.5. The number of benzene rings is 3. The summed E-state index contributed by atoms with van der Waals surface area (Å²) in [7, 11) is 1.65. The van der Waals surface area contributed by atoms with Crippen molar-refractivity contribution in [2.24, 2.45) is 12.8 Å². The van der Waals surface area contributed by atoms with Gasteiger partial charge in [-0.05, 0) is 77.1 Å². The lowest BCUT2D eigenvalue weighted by Gasteiger charge is -2.28. The number of halogens is 1. The molecule has 1 aliphatic heterocycles. The summed E-state index contributed by atoms with van der Waals surface area (Å²) in [6.07, 6.45) is 1.73. The number of pyridine rings is 1. The fourth-order valence-electron chi connectivity index (χ4n) is 5.64. The van der Waals surface area contributed by atoms with Crippen LogP contribution < -0.4 is 21.9 Å². The lowest BCUT2D eigenvalue weighted by molar-refractivity contribution is -0.117. The number of nitrogens with zero attached hydrogens (tertiary/aromatic N) is 2. The Morgan fingerprint density at radius 3 is 2.29 bits per heavy atom. The highest BCUT2D eigenvalue weighted by Gasteiger charge is 2.27. The van der Waals surface area contributed by atoms with E-state index in [-0.39, 0.29) is 39.6 Å². The summed E-state index contributed by atoms with van der Waals surface area (Å²) in [5.74, 6) is -1.31. The lowest BCUT2D eigenvalue weighted by Crippen LogP contribution is -2.41. The lowest BCUT2D eigenvalue weighted by atomic mass is 9.86. The molecule has 0 radical (unpaired) electrons. The van der Waals surface area contributed by atoms with E-state index in [0.717, 1.165) is 22.3 Å². The van der Waals surface area contributed by atoms with Crippen molar-refractivity contribution in [2.45, 2.75) is 38.5 Å². The van der Waals surface area contributed by atoms with E-state index < -0.39 is 11.3 Å². The van der Waals surface area contributed by atoms with Crippen molar-refractivity contribution in [3.8, 4) is 11.1 Å². The summed E-state index contributed by atoms with van der Waals surface area (Å²) in [6, 6.07) is 19.7. The number of primary amides is 1. The van der Waals surface area contributed by atoms with Crippen LogP contribution in [-0.2, 0) is 22.0 Å². The van der Waals surface area contributed by atoms with E-state index in [1.54, 1.807) is 42.4 Å². The van der Waals surface area contributed by atoms with Gasteiger partial charge >= 0.3 is 0 Å². The molecule has 4 N–H and O–H groups in total. The molecule has 1 saturated heterocycles. The average Bonchev–Trinajstić information content (AvgIpc) is 3.07. The minimum Gasteiger partial charge on any atom is -0.378 e. The number of hydrogen-bond donors (Lipinski definition) is 3. The van der Waals surface area contributed by atoms with E-state index in [2.05, 4.69) is 31.4 Å². The zero-order valence-corrected chi connectivity index (χ0v) is 28.5. The van der Waals surface area contributed by atoms with Crippen LogP contribution in [-0.4, -0.2) is 53.5 Å². The second-order valence-corrected chi connectivity index (χ2v) is 13.4. The zero-order chi connectivity index (χ0) is 34.7. The molecule has 5 rings (SSSR count). The Morgan fingerprint density at radius 2 is 1.65 bits per heavy atom. The third-order valence-electron chi connectivity index (χ3n) is 8.47. The minimum atomic E-state index is -1.27. The highest BCUT2D eigenvalue weighted by molar-refractivity contribution is 6.31. The number of ether oxygens (including phenoxy) is 1. The molecule has 3 aromatic carbocycles. The molecule has 0 spiro atoms. The SMILES string of the molecule is Cc1c(NC(=O)c2ccc(C(C)(C)C)cc2)cccc1-c1cc(Nc2ccc(C(=O)N3CCOCC3)c(C(Cl)C(N)=O)c2)c(=O)n(C)c1. The molecule has 48 heavy (non-hydrogen) atoms. The number of anilines is 3. The van der Waals surface area contributed by atoms with Crippen LogP contribution in [0.25, 0.3) is 11.1 Å². The first kappa shape index (κ1) is 34.4. The first-order valence-electron chi connectivity index (χ1n) is 15.7. The fourth-order valence-corrected chi connectivity index (χ4v) is 5.82. The molecule has 2 heterocycles. The van der Waals surface area contributed by atoms with Crippen LogP contribution in [0.5, 0.6) is 0 Å². The van der Waals surface area contributed by atoms with Crippen molar-refractivity contribution < 1.29 is 19.1 Å². The van der Waals surface area contributed by atoms with Crippen LogP contribution in [0.2, 0.25) is 0 Å². The number of morpholine rings is 1. The molecule has 11 heteroatoms. The molecule has 1 atom stereocenters. The molecule has 1 unspecified atom stereocenters. The summed E-state index contributed by atoms with van der Waals surface area (Å²) in [4.78, 5) is 53.5. The number of rotatable bonds is 8. The summed E-state index contributed by atoms with van der Waals surface area (Å²) in [6.45, 7) is 9.95. The molecule has 0 saturated carbocycles. The van der Waals surface area contributed by atoms with Gasteiger partial charge in [-0.2, -0.15) is 0 Å². The van der Waals surface area contributed by atoms with Gasteiger partial charge in [0.15, 0.2) is 0 Å². The Morgan fingerprint density at radius 1 is 0.958 bits per heavy atom. The van der Waals surface area contributed by atoms with Crippen molar-refractivity contribution in [2.75, 3.05) is 36.9 Å². The molecule has 3 amide bonds. The molecular weight excluding hydrogens is 630 g/mol. The number of hydrogen-bond acceptors (Lipinski definition) is 6. The number of nitrogens with one attached hydrogen (secondary N) is 2. The summed E-state index contributed by atoms with van der Waals surface area (Å²) in [5, 5.41) is 4.91. The van der Waals surface area contributed by atoms with Gasteiger partial charge in [0.05, 0.1) is 13.2 Å². The minimum absolute atomic E-state index is 0.0206. The van der Waals surface area contributed by atoms with E-state index in [1.807, 2.05) is 49.4 Å². The smallest absolute Gasteiger partial charge is 0.274 e. The second-order valence-electron chi connectivity index (χ2n) is 12.9. The predicted molar refractivity (Wildman–Crippen MR) is 189 cm³/mol. The molecule has 1 fully saturated rings. The van der Waals surface area contributed by atoms with Crippen LogP contribution in [0, 0.1) is 6.92 Å². The van der Waals surface area contributed by atoms with Gasteiger partial charge in [-0.1, -0.05) is 45.0 Å². The van der Waals surface area contributed by atoms with Gasteiger partial charge in [-0.15, -0.1) is 11.6 Å². The molecular formula is C37H40ClN5O5. The van der Waals surface area contributed by atoms with Gasteiger partial charge in [-0.3, -0.25) is 19.2 Å². The average molecular weight is 670 g/mol. The van der Waals surface area contributed by atoms with Crippen LogP contribution in [0.4, 0.5) is 17.1 Å². The van der Waals surface area contributed by atoms with Crippen molar-refractivity contribution in [1.82, 2.24) is 9.47 Å². The number of aromatic nitrogens is 1. The summed E-state index contributed by atoms with van der Waals surface area (Å²) in [5.41, 5.74) is 11.1. The third kappa shape index (κ3) is 7.45. The third-order valence-corrected chi connectivity index (χ3v) is 8.92. The fraction of sp³-hybridized carbons (Fsp3) is 0.297. The maximum Gasteiger partial charge on any atom is 0.274 e. The molecule has 4 aromatic rings. The molecule has 1 aliphatic rings. The Kier molecular flexibility index (Phi) is 10.1. The second kappa shape index (κ2) is 14.0. The quantitative estimate of drug-likeness (QED) is 0.200. The van der Waals surface area contributed by atoms with Gasteiger partial charge < -0.3 is 30.6 Å². The topological polar surface area (TPSA) is 136 Å². The van der Waals surface area contributed by atoms with Crippen LogP contribution in [0.3, 0.4) is 0 Å². The normalized spacial score (nSPS) is 13.9.